The van der Waals surface area contributed by atoms with E-state index in [9.17, 15) is 4.79 Å². The summed E-state index contributed by atoms with van der Waals surface area (Å²) in [6.07, 6.45) is 6.92. The molecule has 0 aromatic carbocycles. The molecule has 0 bridgehead atoms. The molecular weight excluding hydrogens is 456 g/mol. The Morgan fingerprint density at radius 3 is 2.58 bits per heavy atom. The zero-order chi connectivity index (χ0) is 24.7. The van der Waals surface area contributed by atoms with Crippen LogP contribution in [0.5, 0.6) is 0 Å². The van der Waals surface area contributed by atoms with E-state index in [0.717, 1.165) is 31.6 Å². The first-order valence-corrected chi connectivity index (χ1v) is 11.8. The number of nitrogens with one attached hydrogen (secondary N) is 2. The molecule has 4 aromatic rings. The Morgan fingerprint density at radius 2 is 1.75 bits per heavy atom. The molecule has 2 N–H and O–H groups in total. The molecule has 0 unspecified atom stereocenters. The van der Waals surface area contributed by atoms with Gasteiger partial charge in [-0.1, -0.05) is 6.07 Å². The number of nitrogens with zero attached hydrogens (tertiary/aromatic N) is 6. The predicted molar refractivity (Wildman–Crippen MR) is 134 cm³/mol. The third-order valence-electron chi connectivity index (χ3n) is 5.69. The first kappa shape index (κ1) is 23.4. The van der Waals surface area contributed by atoms with E-state index in [1.54, 1.807) is 42.9 Å². The summed E-state index contributed by atoms with van der Waals surface area (Å²) in [5, 5.41) is 6.47. The molecule has 1 saturated heterocycles. The highest BCUT2D eigenvalue weighted by molar-refractivity contribution is 5.89. The van der Waals surface area contributed by atoms with E-state index in [-0.39, 0.29) is 12.1 Å². The molecule has 0 aliphatic carbocycles. The molecule has 1 aliphatic rings. The molecule has 1 fully saturated rings. The molecule has 4 aromatic heterocycles. The maximum absolute atomic E-state index is 12.6. The second kappa shape index (κ2) is 11.0. The number of piperidine rings is 1. The third-order valence-corrected chi connectivity index (χ3v) is 5.69. The molecular formula is C26H26N8O2. The monoisotopic (exact) mass is 482 g/mol. The van der Waals surface area contributed by atoms with Gasteiger partial charge in [0.05, 0.1) is 12.0 Å². The number of anilines is 2. The van der Waals surface area contributed by atoms with Crippen molar-refractivity contribution in [2.45, 2.75) is 32.3 Å². The lowest BCUT2D eigenvalue weighted by atomic mass is 10.1. The highest BCUT2D eigenvalue weighted by atomic mass is 16.5. The van der Waals surface area contributed by atoms with Gasteiger partial charge in [-0.15, -0.1) is 0 Å². The fraction of sp³-hybridized carbons (Fsp3) is 0.269. The molecule has 10 nitrogen and oxygen atoms in total. The summed E-state index contributed by atoms with van der Waals surface area (Å²) >= 11 is 0. The number of hydrogen-bond acceptors (Lipinski definition) is 10. The Labute approximate surface area is 208 Å². The second-order valence-corrected chi connectivity index (χ2v) is 8.48. The highest BCUT2D eigenvalue weighted by Gasteiger charge is 2.19. The van der Waals surface area contributed by atoms with Gasteiger partial charge in [-0.05, 0) is 69.3 Å². The van der Waals surface area contributed by atoms with E-state index in [1.165, 1.54) is 0 Å². The first-order valence-electron chi connectivity index (χ1n) is 11.8. The summed E-state index contributed by atoms with van der Waals surface area (Å²) in [5.74, 6) is 1.93. The summed E-state index contributed by atoms with van der Waals surface area (Å²) in [6, 6.07) is 12.7. The van der Waals surface area contributed by atoms with Gasteiger partial charge in [0, 0.05) is 30.0 Å². The summed E-state index contributed by atoms with van der Waals surface area (Å²) in [5.41, 5.74) is 2.76. The number of pyridine rings is 2. The minimum atomic E-state index is -0.329. The largest absolute Gasteiger partial charge is 0.459 e. The van der Waals surface area contributed by atoms with Crippen molar-refractivity contribution < 1.29 is 9.53 Å². The van der Waals surface area contributed by atoms with Crippen molar-refractivity contribution in [2.24, 2.45) is 0 Å². The molecule has 5 rings (SSSR count). The van der Waals surface area contributed by atoms with Gasteiger partial charge in [0.1, 0.15) is 29.3 Å². The van der Waals surface area contributed by atoms with Crippen LogP contribution in [-0.2, 0) is 11.2 Å². The average molecular weight is 483 g/mol. The van der Waals surface area contributed by atoms with Crippen LogP contribution in [0.4, 0.5) is 11.6 Å². The SMILES string of the molecule is Cc1cccc(-c2nccc(Nc3ccnc(Cc4cc(C(=O)OC5CCNCC5)ccn4)n3)n2)n1. The Hall–Kier alpha value is -4.31. The van der Waals surface area contributed by atoms with Crippen molar-refractivity contribution in [2.75, 3.05) is 18.4 Å². The van der Waals surface area contributed by atoms with Crippen LogP contribution in [0.3, 0.4) is 0 Å². The number of carbonyl (C=O) groups is 1. The molecule has 0 spiro atoms. The number of esters is 1. The lowest BCUT2D eigenvalue weighted by Crippen LogP contribution is -2.33. The number of aromatic nitrogens is 6. The molecule has 5 heterocycles. The van der Waals surface area contributed by atoms with Gasteiger partial charge in [0.15, 0.2) is 5.82 Å². The molecule has 0 amide bonds. The Balaban J connectivity index is 1.26. The summed E-state index contributed by atoms with van der Waals surface area (Å²) in [4.78, 5) is 39.3. The maximum Gasteiger partial charge on any atom is 0.338 e. The van der Waals surface area contributed by atoms with Crippen LogP contribution >= 0.6 is 0 Å². The molecule has 36 heavy (non-hydrogen) atoms. The zero-order valence-electron chi connectivity index (χ0n) is 19.9. The molecule has 10 heteroatoms. The Bertz CT molecular complexity index is 1360. The molecule has 0 atom stereocenters. The van der Waals surface area contributed by atoms with E-state index in [1.807, 2.05) is 25.1 Å². The fourth-order valence-corrected chi connectivity index (χ4v) is 3.90. The fourth-order valence-electron chi connectivity index (χ4n) is 3.90. The second-order valence-electron chi connectivity index (χ2n) is 8.48. The maximum atomic E-state index is 12.6. The number of ether oxygens (including phenoxy) is 1. The van der Waals surface area contributed by atoms with Gasteiger partial charge in [-0.25, -0.2) is 29.7 Å². The Kier molecular flexibility index (Phi) is 7.13. The topological polar surface area (TPSA) is 128 Å². The van der Waals surface area contributed by atoms with E-state index in [2.05, 4.69) is 40.5 Å². The normalized spacial score (nSPS) is 13.8. The summed E-state index contributed by atoms with van der Waals surface area (Å²) in [7, 11) is 0. The van der Waals surface area contributed by atoms with Crippen molar-refractivity contribution in [3.8, 4) is 11.5 Å². The molecule has 0 saturated carbocycles. The number of carbonyl (C=O) groups excluding carboxylic acids is 1. The van der Waals surface area contributed by atoms with Gasteiger partial charge in [0.25, 0.3) is 0 Å². The number of hydrogen-bond donors (Lipinski definition) is 2. The van der Waals surface area contributed by atoms with Crippen LogP contribution in [0.15, 0.2) is 61.1 Å². The van der Waals surface area contributed by atoms with Crippen molar-refractivity contribution in [3.63, 3.8) is 0 Å². The average Bonchev–Trinajstić information content (AvgIpc) is 2.90. The van der Waals surface area contributed by atoms with Crippen LogP contribution in [0.1, 0.15) is 40.4 Å². The third kappa shape index (κ3) is 6.02. The minimum absolute atomic E-state index is 0.0505. The van der Waals surface area contributed by atoms with Crippen molar-refractivity contribution >= 4 is 17.6 Å². The standard InChI is InChI=1S/C26H26N8O2/c1-17-3-2-4-21(31-17)25-30-14-9-23(34-25)32-22-8-13-29-24(33-22)16-19-15-18(5-12-28-19)26(35)36-20-6-10-27-11-7-20/h2-5,8-9,12-15,20,27H,6-7,10-11,16H2,1H3,(H,29,30,32,33,34). The number of rotatable bonds is 7. The molecule has 1 aliphatic heterocycles. The lowest BCUT2D eigenvalue weighted by Gasteiger charge is -2.22. The van der Waals surface area contributed by atoms with E-state index >= 15 is 0 Å². The van der Waals surface area contributed by atoms with E-state index < -0.39 is 0 Å². The smallest absolute Gasteiger partial charge is 0.338 e. The van der Waals surface area contributed by atoms with Crippen molar-refractivity contribution in [1.82, 2.24) is 35.2 Å². The Morgan fingerprint density at radius 1 is 0.972 bits per heavy atom. The lowest BCUT2D eigenvalue weighted by molar-refractivity contribution is 0.0229. The number of aryl methyl sites for hydroxylation is 1. The van der Waals surface area contributed by atoms with Gasteiger partial charge in [0.2, 0.25) is 0 Å². The van der Waals surface area contributed by atoms with Crippen LogP contribution in [-0.4, -0.2) is 55.1 Å². The predicted octanol–water partition coefficient (Wildman–Crippen LogP) is 3.28. The van der Waals surface area contributed by atoms with Gasteiger partial charge < -0.3 is 15.4 Å². The van der Waals surface area contributed by atoms with Gasteiger partial charge in [-0.2, -0.15) is 0 Å². The summed E-state index contributed by atoms with van der Waals surface area (Å²) < 4.78 is 5.65. The van der Waals surface area contributed by atoms with Crippen LogP contribution in [0, 0.1) is 6.92 Å². The van der Waals surface area contributed by atoms with Gasteiger partial charge in [-0.3, -0.25) is 4.98 Å². The van der Waals surface area contributed by atoms with Crippen LogP contribution in [0.25, 0.3) is 11.5 Å². The van der Waals surface area contributed by atoms with E-state index in [4.69, 9.17) is 4.74 Å². The van der Waals surface area contributed by atoms with E-state index in [0.29, 0.717) is 46.7 Å². The zero-order valence-corrected chi connectivity index (χ0v) is 19.9. The van der Waals surface area contributed by atoms with Crippen molar-refractivity contribution in [1.29, 1.82) is 0 Å². The summed E-state index contributed by atoms with van der Waals surface area (Å²) in [6.45, 7) is 3.65. The minimum Gasteiger partial charge on any atom is -0.459 e. The van der Waals surface area contributed by atoms with Crippen molar-refractivity contribution in [3.05, 3.63) is 83.8 Å². The highest BCUT2D eigenvalue weighted by Crippen LogP contribution is 2.18. The first-order chi connectivity index (χ1) is 17.6. The quantitative estimate of drug-likeness (QED) is 0.379. The van der Waals surface area contributed by atoms with Crippen LogP contribution in [0.2, 0.25) is 0 Å². The van der Waals surface area contributed by atoms with Gasteiger partial charge >= 0.3 is 5.97 Å². The molecule has 182 valence electrons. The van der Waals surface area contributed by atoms with Crippen LogP contribution < -0.4 is 10.6 Å². The molecule has 0 radical (unpaired) electrons.